The molecule has 0 aliphatic heterocycles. The number of halogens is 1. The molecule has 0 spiro atoms. The van der Waals surface area contributed by atoms with Crippen LogP contribution in [0.4, 0.5) is 0 Å². The Balaban J connectivity index is 2.87. The molecule has 3 heteroatoms. The Morgan fingerprint density at radius 2 is 1.78 bits per heavy atom. The van der Waals surface area contributed by atoms with E-state index in [1.54, 1.807) is 10.4 Å². The van der Waals surface area contributed by atoms with E-state index < -0.39 is 8.07 Å². The summed E-state index contributed by atoms with van der Waals surface area (Å²) in [5, 5.41) is 3.53. The van der Waals surface area contributed by atoms with Crippen LogP contribution in [-0.4, -0.2) is 22.6 Å². The Bertz CT molecular complexity index is 394. The van der Waals surface area contributed by atoms with E-state index in [4.69, 9.17) is 11.6 Å². The van der Waals surface area contributed by atoms with Crippen LogP contribution in [0.15, 0.2) is 18.2 Å². The van der Waals surface area contributed by atoms with Crippen molar-refractivity contribution in [3.8, 4) is 0 Å². The van der Waals surface area contributed by atoms with E-state index in [0.717, 1.165) is 6.42 Å². The van der Waals surface area contributed by atoms with Crippen molar-refractivity contribution in [1.82, 2.24) is 0 Å². The fourth-order valence-corrected chi connectivity index (χ4v) is 6.76. The summed E-state index contributed by atoms with van der Waals surface area (Å²) in [4.78, 5) is 0. The first-order valence-electron chi connectivity index (χ1n) is 6.93. The zero-order valence-corrected chi connectivity index (χ0v) is 15.8. The van der Waals surface area contributed by atoms with Crippen molar-refractivity contribution >= 4 is 39.6 Å². The summed E-state index contributed by atoms with van der Waals surface area (Å²) in [6.07, 6.45) is 1.16. The van der Waals surface area contributed by atoms with Crippen molar-refractivity contribution < 1.29 is 0 Å². The monoisotopic (exact) mass is 298 g/mol. The molecule has 0 aromatic heterocycles. The van der Waals surface area contributed by atoms with Crippen molar-refractivity contribution in [3.05, 3.63) is 23.8 Å². The number of hydrogen-bond acceptors (Lipinski definition) is 0. The van der Waals surface area contributed by atoms with Crippen LogP contribution in [0.1, 0.15) is 25.8 Å². The van der Waals surface area contributed by atoms with Crippen LogP contribution in [0.2, 0.25) is 19.6 Å². The minimum Gasteiger partial charge on any atom is -0.127 e. The molecule has 0 saturated carbocycles. The smallest absolute Gasteiger partial charge is 0.0775 e. The van der Waals surface area contributed by atoms with Gasteiger partial charge in [-0.1, -0.05) is 67.6 Å². The van der Waals surface area contributed by atoms with Crippen molar-refractivity contribution in [2.75, 3.05) is 0 Å². The summed E-state index contributed by atoms with van der Waals surface area (Å²) in [6, 6.07) is 7.17. The highest BCUT2D eigenvalue weighted by Gasteiger charge is 2.18. The summed E-state index contributed by atoms with van der Waals surface area (Å²) in [6.45, 7) is 14.0. The van der Waals surface area contributed by atoms with Crippen LogP contribution in [0.3, 0.4) is 0 Å². The standard InChI is InChI=1S/C15H27ClSi2/c1-11(2)7-15(16)17-13-8-12(3)9-14(10-13)18(4,5)6/h8-11,15H,7,17H2,1-6H3. The van der Waals surface area contributed by atoms with Crippen molar-refractivity contribution in [1.29, 1.82) is 0 Å². The molecule has 0 nitrogen and oxygen atoms in total. The lowest BCUT2D eigenvalue weighted by molar-refractivity contribution is 0.613. The van der Waals surface area contributed by atoms with Gasteiger partial charge < -0.3 is 0 Å². The topological polar surface area (TPSA) is 0 Å². The molecule has 102 valence electrons. The number of rotatable bonds is 5. The van der Waals surface area contributed by atoms with Gasteiger partial charge in [0.1, 0.15) is 0 Å². The lowest BCUT2D eigenvalue weighted by Gasteiger charge is -2.19. The minimum atomic E-state index is -1.20. The first kappa shape index (κ1) is 16.0. The second-order valence-corrected chi connectivity index (χ2v) is 15.3. The van der Waals surface area contributed by atoms with E-state index in [2.05, 4.69) is 58.6 Å². The van der Waals surface area contributed by atoms with Gasteiger partial charge in [-0.25, -0.2) is 0 Å². The fourth-order valence-electron chi connectivity index (χ4n) is 2.26. The van der Waals surface area contributed by atoms with E-state index >= 15 is 0 Å². The van der Waals surface area contributed by atoms with Crippen LogP contribution in [0, 0.1) is 12.8 Å². The normalized spacial score (nSPS) is 14.7. The molecule has 0 fully saturated rings. The maximum absolute atomic E-state index is 6.50. The van der Waals surface area contributed by atoms with E-state index in [1.165, 1.54) is 5.56 Å². The van der Waals surface area contributed by atoms with E-state index in [-0.39, 0.29) is 9.52 Å². The van der Waals surface area contributed by atoms with Gasteiger partial charge in [-0.3, -0.25) is 0 Å². The quantitative estimate of drug-likeness (QED) is 0.579. The molecular formula is C15H27ClSi2. The van der Waals surface area contributed by atoms with Crippen LogP contribution in [-0.2, 0) is 0 Å². The molecular weight excluding hydrogens is 272 g/mol. The van der Waals surface area contributed by atoms with Gasteiger partial charge in [0, 0.05) is 5.00 Å². The van der Waals surface area contributed by atoms with Crippen LogP contribution in [0.25, 0.3) is 0 Å². The number of alkyl halides is 1. The molecule has 0 aliphatic carbocycles. The molecule has 0 saturated heterocycles. The van der Waals surface area contributed by atoms with E-state index in [1.807, 2.05) is 0 Å². The Morgan fingerprint density at radius 1 is 1.17 bits per heavy atom. The maximum atomic E-state index is 6.50. The molecule has 0 N–H and O–H groups in total. The zero-order valence-electron chi connectivity index (χ0n) is 12.7. The van der Waals surface area contributed by atoms with Gasteiger partial charge in [-0.15, -0.1) is 11.6 Å². The van der Waals surface area contributed by atoms with E-state index in [9.17, 15) is 0 Å². The molecule has 0 amide bonds. The average molecular weight is 299 g/mol. The van der Waals surface area contributed by atoms with Crippen LogP contribution < -0.4 is 10.4 Å². The van der Waals surface area contributed by atoms with Crippen LogP contribution in [0.5, 0.6) is 0 Å². The summed E-state index contributed by atoms with van der Waals surface area (Å²) < 4.78 is 0. The largest absolute Gasteiger partial charge is 0.127 e. The molecule has 18 heavy (non-hydrogen) atoms. The first-order valence-corrected chi connectivity index (χ1v) is 12.4. The molecule has 1 aromatic carbocycles. The molecule has 1 atom stereocenters. The van der Waals surface area contributed by atoms with Crippen molar-refractivity contribution in [2.45, 2.75) is 51.8 Å². The highest BCUT2D eigenvalue weighted by atomic mass is 35.5. The second-order valence-electron chi connectivity index (χ2n) is 6.89. The lowest BCUT2D eigenvalue weighted by Crippen LogP contribution is -2.41. The third-order valence-electron chi connectivity index (χ3n) is 3.19. The molecule has 0 bridgehead atoms. The number of aryl methyl sites for hydroxylation is 1. The van der Waals surface area contributed by atoms with Gasteiger partial charge in [0.25, 0.3) is 0 Å². The molecule has 1 aromatic rings. The third-order valence-corrected chi connectivity index (χ3v) is 7.51. The predicted octanol–water partition coefficient (Wildman–Crippen LogP) is 2.95. The van der Waals surface area contributed by atoms with Crippen molar-refractivity contribution in [2.24, 2.45) is 5.92 Å². The summed E-state index contributed by atoms with van der Waals surface area (Å²) in [5.74, 6) is 0.710. The first-order chi connectivity index (χ1) is 8.18. The minimum absolute atomic E-state index is 0.343. The fraction of sp³-hybridized carbons (Fsp3) is 0.600. The van der Waals surface area contributed by atoms with Gasteiger partial charge in [-0.05, 0) is 19.3 Å². The Hall–Kier alpha value is -0.0562. The molecule has 0 radical (unpaired) electrons. The third kappa shape index (κ3) is 5.29. The summed E-state index contributed by atoms with van der Waals surface area (Å²) in [7, 11) is -1.54. The van der Waals surface area contributed by atoms with Gasteiger partial charge >= 0.3 is 0 Å². The predicted molar refractivity (Wildman–Crippen MR) is 91.4 cm³/mol. The summed E-state index contributed by atoms with van der Waals surface area (Å²) in [5.41, 5.74) is 1.41. The SMILES string of the molecule is Cc1cc([SiH2]C(Cl)CC(C)C)cc([Si](C)(C)C)c1. The zero-order chi connectivity index (χ0) is 13.9. The van der Waals surface area contributed by atoms with Gasteiger partial charge in [-0.2, -0.15) is 0 Å². The Morgan fingerprint density at radius 3 is 2.28 bits per heavy atom. The lowest BCUT2D eigenvalue weighted by atomic mass is 10.2. The summed E-state index contributed by atoms with van der Waals surface area (Å²) >= 11 is 6.50. The highest BCUT2D eigenvalue weighted by molar-refractivity contribution is 6.89. The highest BCUT2D eigenvalue weighted by Crippen LogP contribution is 2.10. The number of hydrogen-bond donors (Lipinski definition) is 0. The Labute approximate surface area is 121 Å². The average Bonchev–Trinajstić information content (AvgIpc) is 2.13. The van der Waals surface area contributed by atoms with Crippen molar-refractivity contribution in [3.63, 3.8) is 0 Å². The van der Waals surface area contributed by atoms with Gasteiger partial charge in [0.05, 0.1) is 17.6 Å². The second kappa shape index (κ2) is 6.40. The molecule has 0 aliphatic rings. The van der Waals surface area contributed by atoms with Gasteiger partial charge in [0.2, 0.25) is 0 Å². The van der Waals surface area contributed by atoms with Gasteiger partial charge in [0.15, 0.2) is 0 Å². The van der Waals surface area contributed by atoms with E-state index in [0.29, 0.717) is 10.9 Å². The van der Waals surface area contributed by atoms with Crippen LogP contribution >= 0.6 is 11.6 Å². The molecule has 1 unspecified atom stereocenters. The maximum Gasteiger partial charge on any atom is 0.0775 e. The molecule has 1 rings (SSSR count). The molecule has 0 heterocycles. The number of benzene rings is 1. The Kier molecular flexibility index (Phi) is 5.69.